The quantitative estimate of drug-likeness (QED) is 0.556. The molecule has 0 aliphatic heterocycles. The van der Waals surface area contributed by atoms with Crippen LogP contribution in [0.3, 0.4) is 0 Å². The van der Waals surface area contributed by atoms with Gasteiger partial charge in [0.1, 0.15) is 0 Å². The van der Waals surface area contributed by atoms with Crippen LogP contribution in [0.15, 0.2) is 0 Å². The van der Waals surface area contributed by atoms with Crippen molar-refractivity contribution in [3.63, 3.8) is 0 Å². The number of ether oxygens (including phenoxy) is 2. The molecule has 1 atom stereocenters. The third-order valence-corrected chi connectivity index (χ3v) is 2.06. The Balaban J connectivity index is 3.91. The molecule has 0 aliphatic rings. The number of aliphatic hydroxyl groups excluding tert-OH is 1. The Hall–Kier alpha value is -0.650. The predicted octanol–water partition coefficient (Wildman–Crippen LogP) is -0.334. The van der Waals surface area contributed by atoms with Crippen molar-refractivity contribution in [3.8, 4) is 0 Å². The fourth-order valence-electron chi connectivity index (χ4n) is 0.994. The molecule has 0 radical (unpaired) electrons. The molecule has 5 heteroatoms. The number of methoxy groups -OCH3 is 1. The second-order valence-electron chi connectivity index (χ2n) is 3.30. The zero-order valence-corrected chi connectivity index (χ0v) is 8.78. The molecule has 5 nitrogen and oxygen atoms in total. The smallest absolute Gasteiger partial charge is 0.305 e. The normalized spacial score (nSPS) is 14.9. The van der Waals surface area contributed by atoms with Gasteiger partial charge in [0.05, 0.1) is 25.9 Å². The molecule has 84 valence electrons. The maximum Gasteiger partial charge on any atom is 0.305 e. The third kappa shape index (κ3) is 5.16. The monoisotopic (exact) mass is 205 g/mol. The third-order valence-electron chi connectivity index (χ3n) is 2.06. The Morgan fingerprint density at radius 3 is 2.64 bits per heavy atom. The molecule has 0 aromatic heterocycles. The van der Waals surface area contributed by atoms with Crippen molar-refractivity contribution in [2.24, 2.45) is 5.73 Å². The standard InChI is InChI=1S/C9H19NO4/c1-9(7-10,14-6-5-11)4-3-8(12)13-2/h11H,3-7,10H2,1-2H3. The molecule has 0 fully saturated rings. The van der Waals surface area contributed by atoms with Crippen molar-refractivity contribution in [2.75, 3.05) is 26.9 Å². The van der Waals surface area contributed by atoms with Crippen LogP contribution in [0.25, 0.3) is 0 Å². The summed E-state index contributed by atoms with van der Waals surface area (Å²) in [6.07, 6.45) is 0.770. The molecule has 0 aliphatic carbocycles. The van der Waals surface area contributed by atoms with E-state index in [0.717, 1.165) is 0 Å². The minimum absolute atomic E-state index is 0.0478. The van der Waals surface area contributed by atoms with E-state index in [-0.39, 0.29) is 25.6 Å². The first-order chi connectivity index (χ1) is 6.58. The largest absolute Gasteiger partial charge is 0.469 e. The van der Waals surface area contributed by atoms with E-state index in [9.17, 15) is 4.79 Å². The zero-order chi connectivity index (χ0) is 11.0. The van der Waals surface area contributed by atoms with Crippen LogP contribution in [0.1, 0.15) is 19.8 Å². The highest BCUT2D eigenvalue weighted by molar-refractivity contribution is 5.69. The molecular formula is C9H19NO4. The molecule has 0 spiro atoms. The SMILES string of the molecule is COC(=O)CCC(C)(CN)OCCO. The molecule has 0 bridgehead atoms. The summed E-state index contributed by atoms with van der Waals surface area (Å²) in [5.41, 5.74) is 4.96. The van der Waals surface area contributed by atoms with Gasteiger partial charge in [0.25, 0.3) is 0 Å². The zero-order valence-electron chi connectivity index (χ0n) is 8.78. The summed E-state index contributed by atoms with van der Waals surface area (Å²) in [6.45, 7) is 2.30. The summed E-state index contributed by atoms with van der Waals surface area (Å²) < 4.78 is 9.85. The van der Waals surface area contributed by atoms with Crippen LogP contribution in [0.4, 0.5) is 0 Å². The highest BCUT2D eigenvalue weighted by Crippen LogP contribution is 2.16. The average Bonchev–Trinajstić information content (AvgIpc) is 2.23. The fourth-order valence-corrected chi connectivity index (χ4v) is 0.994. The molecule has 0 rings (SSSR count). The van der Waals surface area contributed by atoms with Gasteiger partial charge in [-0.3, -0.25) is 4.79 Å². The lowest BCUT2D eigenvalue weighted by atomic mass is 10.0. The minimum atomic E-state index is -0.559. The van der Waals surface area contributed by atoms with Crippen LogP contribution >= 0.6 is 0 Å². The summed E-state index contributed by atoms with van der Waals surface area (Å²) in [7, 11) is 1.34. The topological polar surface area (TPSA) is 81.8 Å². The lowest BCUT2D eigenvalue weighted by Crippen LogP contribution is -2.39. The van der Waals surface area contributed by atoms with Crippen molar-refractivity contribution in [3.05, 3.63) is 0 Å². The van der Waals surface area contributed by atoms with Crippen molar-refractivity contribution >= 4 is 5.97 Å². The molecule has 0 aromatic rings. The van der Waals surface area contributed by atoms with E-state index in [1.54, 1.807) is 0 Å². The van der Waals surface area contributed by atoms with Crippen LogP contribution in [0.5, 0.6) is 0 Å². The van der Waals surface area contributed by atoms with Crippen molar-refractivity contribution < 1.29 is 19.4 Å². The van der Waals surface area contributed by atoms with Gasteiger partial charge in [-0.25, -0.2) is 0 Å². The number of rotatable bonds is 7. The average molecular weight is 205 g/mol. The molecule has 0 amide bonds. The summed E-state index contributed by atoms with van der Waals surface area (Å²) in [5, 5.41) is 8.59. The Morgan fingerprint density at radius 2 is 2.21 bits per heavy atom. The first-order valence-corrected chi connectivity index (χ1v) is 4.59. The lowest BCUT2D eigenvalue weighted by molar-refractivity contribution is -0.142. The maximum absolute atomic E-state index is 10.9. The van der Waals surface area contributed by atoms with Crippen molar-refractivity contribution in [1.29, 1.82) is 0 Å². The number of carbonyl (C=O) groups excluding carboxylic acids is 1. The lowest BCUT2D eigenvalue weighted by Gasteiger charge is -2.27. The molecule has 0 saturated heterocycles. The van der Waals surface area contributed by atoms with Crippen LogP contribution in [-0.4, -0.2) is 43.5 Å². The number of nitrogens with two attached hydrogens (primary N) is 1. The number of hydrogen-bond donors (Lipinski definition) is 2. The molecule has 0 saturated carbocycles. The summed E-state index contributed by atoms with van der Waals surface area (Å²) >= 11 is 0. The Morgan fingerprint density at radius 1 is 1.57 bits per heavy atom. The Bertz CT molecular complexity index is 174. The van der Waals surface area contributed by atoms with Crippen LogP contribution < -0.4 is 5.73 Å². The molecule has 0 aromatic carbocycles. The number of hydrogen-bond acceptors (Lipinski definition) is 5. The van der Waals surface area contributed by atoms with Gasteiger partial charge in [0.15, 0.2) is 0 Å². The van der Waals surface area contributed by atoms with Gasteiger partial charge in [0.2, 0.25) is 0 Å². The van der Waals surface area contributed by atoms with E-state index in [4.69, 9.17) is 15.6 Å². The van der Waals surface area contributed by atoms with Gasteiger partial charge < -0.3 is 20.3 Å². The molecule has 0 heterocycles. The van der Waals surface area contributed by atoms with E-state index in [1.165, 1.54) is 7.11 Å². The van der Waals surface area contributed by atoms with Crippen LogP contribution in [-0.2, 0) is 14.3 Å². The van der Waals surface area contributed by atoms with Crippen molar-refractivity contribution in [2.45, 2.75) is 25.4 Å². The van der Waals surface area contributed by atoms with Gasteiger partial charge in [0, 0.05) is 13.0 Å². The molecular weight excluding hydrogens is 186 g/mol. The highest BCUT2D eigenvalue weighted by atomic mass is 16.5. The Labute approximate surface area is 84.2 Å². The van der Waals surface area contributed by atoms with Crippen molar-refractivity contribution in [1.82, 2.24) is 0 Å². The van der Waals surface area contributed by atoms with Gasteiger partial charge in [-0.2, -0.15) is 0 Å². The second-order valence-corrected chi connectivity index (χ2v) is 3.30. The van der Waals surface area contributed by atoms with Gasteiger partial charge in [-0.1, -0.05) is 0 Å². The predicted molar refractivity (Wildman–Crippen MR) is 51.7 cm³/mol. The summed E-state index contributed by atoms with van der Waals surface area (Å²) in [5.74, 6) is -0.280. The summed E-state index contributed by atoms with van der Waals surface area (Å²) in [4.78, 5) is 10.9. The fraction of sp³-hybridized carbons (Fsp3) is 0.889. The number of aliphatic hydroxyl groups is 1. The van der Waals surface area contributed by atoms with Crippen LogP contribution in [0.2, 0.25) is 0 Å². The van der Waals surface area contributed by atoms with E-state index in [2.05, 4.69) is 4.74 Å². The van der Waals surface area contributed by atoms with E-state index in [1.807, 2.05) is 6.92 Å². The molecule has 1 unspecified atom stereocenters. The van der Waals surface area contributed by atoms with E-state index >= 15 is 0 Å². The van der Waals surface area contributed by atoms with E-state index in [0.29, 0.717) is 13.0 Å². The number of esters is 1. The first kappa shape index (κ1) is 13.4. The minimum Gasteiger partial charge on any atom is -0.469 e. The van der Waals surface area contributed by atoms with E-state index < -0.39 is 5.60 Å². The van der Waals surface area contributed by atoms with Gasteiger partial charge in [-0.15, -0.1) is 0 Å². The maximum atomic E-state index is 10.9. The molecule has 14 heavy (non-hydrogen) atoms. The highest BCUT2D eigenvalue weighted by Gasteiger charge is 2.24. The second kappa shape index (κ2) is 6.75. The van der Waals surface area contributed by atoms with Gasteiger partial charge >= 0.3 is 5.97 Å². The first-order valence-electron chi connectivity index (χ1n) is 4.59. The number of carbonyl (C=O) groups is 1. The summed E-state index contributed by atoms with van der Waals surface area (Å²) in [6, 6.07) is 0. The van der Waals surface area contributed by atoms with Crippen LogP contribution in [0, 0.1) is 0 Å². The molecule has 3 N–H and O–H groups in total. The van der Waals surface area contributed by atoms with Gasteiger partial charge in [-0.05, 0) is 13.3 Å². The Kier molecular flexibility index (Phi) is 6.44.